The molecule has 0 amide bonds. The number of aromatic amines is 1. The number of para-hydroxylation sites is 2. The van der Waals surface area contributed by atoms with Crippen molar-refractivity contribution < 1.29 is 0 Å². The molecular formula is C31H38N4OS2. The zero-order chi connectivity index (χ0) is 25.6. The number of piperidine rings is 1. The first-order valence-corrected chi connectivity index (χ1v) is 13.8. The van der Waals surface area contributed by atoms with Crippen molar-refractivity contribution in [2.24, 2.45) is 0 Å². The summed E-state index contributed by atoms with van der Waals surface area (Å²) in [6.07, 6.45) is 3.81. The third-order valence-corrected chi connectivity index (χ3v) is 8.12. The minimum Gasteiger partial charge on any atom is -0.366 e. The summed E-state index contributed by atoms with van der Waals surface area (Å²) in [6, 6.07) is 30.0. The number of nitrogens with one attached hydrogen (secondary N) is 1. The molecule has 4 aromatic rings. The van der Waals surface area contributed by atoms with Crippen molar-refractivity contribution in [3.8, 4) is 0 Å². The Morgan fingerprint density at radius 2 is 1.47 bits per heavy atom. The van der Waals surface area contributed by atoms with Crippen LogP contribution >= 0.6 is 25.7 Å². The summed E-state index contributed by atoms with van der Waals surface area (Å²) in [5.41, 5.74) is 4.58. The highest BCUT2D eigenvalue weighted by atomic mass is 32.1. The largest absolute Gasteiger partial charge is 0.366 e. The number of benzene rings is 3. The van der Waals surface area contributed by atoms with Gasteiger partial charge < -0.3 is 9.88 Å². The fourth-order valence-electron chi connectivity index (χ4n) is 5.49. The second kappa shape index (κ2) is 13.3. The molecule has 0 unspecified atom stereocenters. The summed E-state index contributed by atoms with van der Waals surface area (Å²) < 4.78 is 1.95. The summed E-state index contributed by atoms with van der Waals surface area (Å²) in [6.45, 7) is 5.98. The average Bonchev–Trinajstić information content (AvgIpc) is 3.28. The molecule has 0 spiro atoms. The molecule has 2 heterocycles. The van der Waals surface area contributed by atoms with Gasteiger partial charge in [-0.2, -0.15) is 13.5 Å². The Morgan fingerprint density at radius 3 is 2.08 bits per heavy atom. The predicted molar refractivity (Wildman–Crippen MR) is 166 cm³/mol. The van der Waals surface area contributed by atoms with Crippen molar-refractivity contribution in [1.29, 1.82) is 0 Å². The Bertz CT molecular complexity index is 1320. The van der Waals surface area contributed by atoms with E-state index in [4.69, 9.17) is 12.2 Å². The molecule has 5 nitrogen and oxygen atoms in total. The van der Waals surface area contributed by atoms with Crippen molar-refractivity contribution in [1.82, 2.24) is 19.4 Å². The van der Waals surface area contributed by atoms with Crippen LogP contribution in [0.25, 0.3) is 11.0 Å². The number of aromatic nitrogens is 2. The van der Waals surface area contributed by atoms with Crippen LogP contribution in [-0.2, 0) is 13.1 Å². The molecule has 0 radical (unpaired) electrons. The summed E-state index contributed by atoms with van der Waals surface area (Å²) >= 11 is 5.91. The Hall–Kier alpha value is -2.87. The lowest BCUT2D eigenvalue weighted by atomic mass is 10.0. The highest BCUT2D eigenvalue weighted by Gasteiger charge is 2.25. The Kier molecular flexibility index (Phi) is 9.83. The first-order valence-electron chi connectivity index (χ1n) is 13.4. The normalized spacial score (nSPS) is 14.9. The lowest BCUT2D eigenvalue weighted by Crippen LogP contribution is -2.40. The molecule has 1 saturated heterocycles. The Labute approximate surface area is 237 Å². The summed E-state index contributed by atoms with van der Waals surface area (Å²) in [7, 11) is 0. The quantitative estimate of drug-likeness (QED) is 0.251. The first kappa shape index (κ1) is 28.1. The van der Waals surface area contributed by atoms with Gasteiger partial charge in [0.25, 0.3) is 0 Å². The van der Waals surface area contributed by atoms with E-state index in [9.17, 15) is 4.79 Å². The molecular weight excluding hydrogens is 509 g/mol. The molecule has 1 aromatic heterocycles. The van der Waals surface area contributed by atoms with E-state index >= 15 is 0 Å². The minimum atomic E-state index is -0.00650. The number of fused-ring (bicyclic) bond motifs is 1. The van der Waals surface area contributed by atoms with Crippen LogP contribution in [0.4, 0.5) is 0 Å². The molecule has 0 saturated carbocycles. The third-order valence-electron chi connectivity index (χ3n) is 7.66. The molecule has 1 aliphatic rings. The van der Waals surface area contributed by atoms with E-state index in [1.54, 1.807) is 0 Å². The highest BCUT2D eigenvalue weighted by molar-refractivity contribution is 7.80. The number of hydrogen-bond donors (Lipinski definition) is 1. The van der Waals surface area contributed by atoms with E-state index in [2.05, 4.69) is 82.4 Å². The molecule has 7 heteroatoms. The molecule has 5 rings (SSSR count). The van der Waals surface area contributed by atoms with Gasteiger partial charge in [-0.3, -0.25) is 9.47 Å². The number of hydrogen-bond acceptors (Lipinski definition) is 3. The van der Waals surface area contributed by atoms with Gasteiger partial charge in [0.1, 0.15) is 0 Å². The zero-order valence-corrected chi connectivity index (χ0v) is 23.9. The van der Waals surface area contributed by atoms with Gasteiger partial charge >= 0.3 is 5.69 Å². The summed E-state index contributed by atoms with van der Waals surface area (Å²) in [5, 5.41) is 0. The standard InChI is InChI=1S/C31H36N4OS.H2S/c1-24(34(22-25-10-4-2-5-11-25)23-26-12-6-3-7-13-26)16-17-30(37)33-20-18-27(19-21-33)35-29-15-9-8-14-28(29)32-31(35)36;/h2-15,24,27H,16-23H2,1H3,(H,32,36);1H2/t24-;/m0./s1. The van der Waals surface area contributed by atoms with Crippen molar-refractivity contribution in [2.75, 3.05) is 13.1 Å². The van der Waals surface area contributed by atoms with Gasteiger partial charge in [0.15, 0.2) is 0 Å². The van der Waals surface area contributed by atoms with Gasteiger partial charge in [0.05, 0.1) is 16.0 Å². The number of H-pyrrole nitrogens is 1. The zero-order valence-electron chi connectivity index (χ0n) is 22.1. The van der Waals surface area contributed by atoms with Crippen LogP contribution in [0.15, 0.2) is 89.7 Å². The number of nitrogens with zero attached hydrogens (tertiary/aromatic N) is 3. The molecule has 1 N–H and O–H groups in total. The SMILES string of the molecule is C[C@@H](CCC(=S)N1CCC(n2c(=O)[nH]c3ccccc32)CC1)N(Cc1ccccc1)Cc1ccccc1.S. The predicted octanol–water partition coefficient (Wildman–Crippen LogP) is 6.28. The average molecular weight is 547 g/mol. The molecule has 1 fully saturated rings. The lowest BCUT2D eigenvalue weighted by Gasteiger charge is -2.35. The minimum absolute atomic E-state index is 0. The molecule has 38 heavy (non-hydrogen) atoms. The lowest BCUT2D eigenvalue weighted by molar-refractivity contribution is 0.182. The maximum absolute atomic E-state index is 12.6. The summed E-state index contributed by atoms with van der Waals surface area (Å²) in [4.78, 5) is 21.6. The molecule has 0 bridgehead atoms. The van der Waals surface area contributed by atoms with Gasteiger partial charge in [0.2, 0.25) is 0 Å². The van der Waals surface area contributed by atoms with Crippen LogP contribution in [0.1, 0.15) is 49.8 Å². The smallest absolute Gasteiger partial charge is 0.326 e. The topological polar surface area (TPSA) is 44.3 Å². The second-order valence-electron chi connectivity index (χ2n) is 10.2. The fraction of sp³-hybridized carbons (Fsp3) is 0.355. The molecule has 3 aromatic carbocycles. The van der Waals surface area contributed by atoms with Crippen LogP contribution in [0, 0.1) is 0 Å². The number of likely N-dealkylation sites (tertiary alicyclic amines) is 1. The van der Waals surface area contributed by atoms with E-state index < -0.39 is 0 Å². The monoisotopic (exact) mass is 546 g/mol. The van der Waals surface area contributed by atoms with Crippen molar-refractivity contribution in [3.63, 3.8) is 0 Å². The molecule has 0 aliphatic carbocycles. The Morgan fingerprint density at radius 1 is 0.921 bits per heavy atom. The fourth-order valence-corrected chi connectivity index (χ4v) is 5.79. The van der Waals surface area contributed by atoms with Crippen LogP contribution < -0.4 is 5.69 Å². The summed E-state index contributed by atoms with van der Waals surface area (Å²) in [5.74, 6) is 0. The van der Waals surface area contributed by atoms with E-state index in [1.807, 2.05) is 28.8 Å². The van der Waals surface area contributed by atoms with Crippen LogP contribution in [-0.4, -0.2) is 43.5 Å². The van der Waals surface area contributed by atoms with Crippen molar-refractivity contribution in [2.45, 2.75) is 57.8 Å². The maximum Gasteiger partial charge on any atom is 0.326 e. The second-order valence-corrected chi connectivity index (χ2v) is 10.7. The van der Waals surface area contributed by atoms with Crippen LogP contribution in [0.2, 0.25) is 0 Å². The number of thiocarbonyl (C=S) groups is 1. The maximum atomic E-state index is 12.6. The van der Waals surface area contributed by atoms with Crippen LogP contribution in [0.5, 0.6) is 0 Å². The third kappa shape index (κ3) is 6.76. The number of imidazole rings is 1. The number of rotatable bonds is 9. The van der Waals surface area contributed by atoms with Crippen molar-refractivity contribution in [3.05, 3.63) is 107 Å². The molecule has 200 valence electrons. The molecule has 1 atom stereocenters. The Balaban J connectivity index is 0.00000336. The van der Waals surface area contributed by atoms with E-state index in [0.717, 1.165) is 67.9 Å². The highest BCUT2D eigenvalue weighted by Crippen LogP contribution is 2.26. The van der Waals surface area contributed by atoms with Gasteiger partial charge in [-0.25, -0.2) is 4.79 Å². The van der Waals surface area contributed by atoms with Gasteiger partial charge in [-0.05, 0) is 55.9 Å². The van der Waals surface area contributed by atoms with Crippen molar-refractivity contribution >= 4 is 41.7 Å². The molecule has 1 aliphatic heterocycles. The van der Waals surface area contributed by atoms with Gasteiger partial charge in [-0.15, -0.1) is 0 Å². The van der Waals surface area contributed by atoms with E-state index in [0.29, 0.717) is 6.04 Å². The van der Waals surface area contributed by atoms with E-state index in [1.165, 1.54) is 11.1 Å². The first-order chi connectivity index (χ1) is 18.1. The van der Waals surface area contributed by atoms with Gasteiger partial charge in [-0.1, -0.05) is 85.0 Å². The van der Waals surface area contributed by atoms with Gasteiger partial charge in [0, 0.05) is 38.3 Å². The van der Waals surface area contributed by atoms with E-state index in [-0.39, 0.29) is 25.2 Å². The van der Waals surface area contributed by atoms with Crippen LogP contribution in [0.3, 0.4) is 0 Å².